The van der Waals surface area contributed by atoms with E-state index < -0.39 is 0 Å². The molecule has 0 aromatic rings. The Kier molecular flexibility index (Phi) is 6.45. The van der Waals surface area contributed by atoms with Crippen LogP contribution in [0.15, 0.2) is 0 Å². The molecule has 0 N–H and O–H groups in total. The van der Waals surface area contributed by atoms with Crippen LogP contribution in [0.25, 0.3) is 0 Å². The van der Waals surface area contributed by atoms with Gasteiger partial charge in [0.25, 0.3) is 0 Å². The van der Waals surface area contributed by atoms with E-state index in [9.17, 15) is 0 Å². The highest BCUT2D eigenvalue weighted by Gasteiger charge is 2.04. The molecule has 0 rings (SSSR count). The van der Waals surface area contributed by atoms with Crippen LogP contribution >= 0.6 is 0 Å². The second-order valence-electron chi connectivity index (χ2n) is 4.44. The summed E-state index contributed by atoms with van der Waals surface area (Å²) < 4.78 is 5.49. The second-order valence-corrected chi connectivity index (χ2v) is 4.44. The first-order valence-electron chi connectivity index (χ1n) is 5.14. The molecule has 1 heteroatoms. The average molecular weight is 172 g/mol. The van der Waals surface area contributed by atoms with Crippen LogP contribution in [0.4, 0.5) is 0 Å². The maximum absolute atomic E-state index is 5.49. The zero-order valence-electron chi connectivity index (χ0n) is 9.26. The molecule has 0 saturated heterocycles. The van der Waals surface area contributed by atoms with Crippen molar-refractivity contribution in [3.05, 3.63) is 0 Å². The van der Waals surface area contributed by atoms with Crippen molar-refractivity contribution < 1.29 is 4.74 Å². The smallest absolute Gasteiger partial charge is 0.0518 e. The summed E-state index contributed by atoms with van der Waals surface area (Å²) in [6.45, 7) is 12.0. The van der Waals surface area contributed by atoms with E-state index in [1.807, 2.05) is 0 Å². The molecule has 0 amide bonds. The first kappa shape index (κ1) is 12.0. The molecular weight excluding hydrogens is 148 g/mol. The van der Waals surface area contributed by atoms with Gasteiger partial charge in [0.05, 0.1) is 6.10 Å². The van der Waals surface area contributed by atoms with E-state index in [1.165, 1.54) is 12.8 Å². The number of hydrogen-bond donors (Lipinski definition) is 0. The molecular formula is C11H24O. The fourth-order valence-corrected chi connectivity index (χ4v) is 1.43. The third-order valence-electron chi connectivity index (χ3n) is 1.94. The first-order valence-corrected chi connectivity index (χ1v) is 5.14. The molecule has 1 atom stereocenters. The average Bonchev–Trinajstić information content (AvgIpc) is 1.84. The topological polar surface area (TPSA) is 9.23 Å². The molecule has 0 bridgehead atoms. The largest absolute Gasteiger partial charge is 0.379 e. The molecule has 0 spiro atoms. The molecule has 1 nitrogen and oxygen atoms in total. The number of hydrogen-bond acceptors (Lipinski definition) is 1. The van der Waals surface area contributed by atoms with Crippen molar-refractivity contribution >= 4 is 0 Å². The Balaban J connectivity index is 3.25. The standard InChI is InChI=1S/C11H24O/c1-9(2)8-11(5)6-7-12-10(3)4/h9-11H,6-8H2,1-5H3/t11-/m1/s1. The van der Waals surface area contributed by atoms with Crippen LogP contribution in [0.5, 0.6) is 0 Å². The van der Waals surface area contributed by atoms with Crippen LogP contribution < -0.4 is 0 Å². The van der Waals surface area contributed by atoms with Gasteiger partial charge in [-0.05, 0) is 38.5 Å². The summed E-state index contributed by atoms with van der Waals surface area (Å²) in [5.74, 6) is 1.63. The van der Waals surface area contributed by atoms with Crippen LogP contribution in [0, 0.1) is 11.8 Å². The minimum absolute atomic E-state index is 0.385. The van der Waals surface area contributed by atoms with E-state index in [2.05, 4.69) is 34.6 Å². The monoisotopic (exact) mass is 172 g/mol. The van der Waals surface area contributed by atoms with Gasteiger partial charge in [0.15, 0.2) is 0 Å². The van der Waals surface area contributed by atoms with Crippen molar-refractivity contribution in [3.8, 4) is 0 Å². The van der Waals surface area contributed by atoms with Gasteiger partial charge in [-0.3, -0.25) is 0 Å². The van der Waals surface area contributed by atoms with Crippen molar-refractivity contribution in [3.63, 3.8) is 0 Å². The van der Waals surface area contributed by atoms with Gasteiger partial charge in [-0.15, -0.1) is 0 Å². The zero-order valence-corrected chi connectivity index (χ0v) is 9.26. The molecule has 0 aliphatic rings. The van der Waals surface area contributed by atoms with Crippen molar-refractivity contribution in [2.45, 2.75) is 53.6 Å². The van der Waals surface area contributed by atoms with E-state index in [-0.39, 0.29) is 0 Å². The molecule has 0 fully saturated rings. The molecule has 0 unspecified atom stereocenters. The van der Waals surface area contributed by atoms with Crippen LogP contribution in [0.2, 0.25) is 0 Å². The lowest BCUT2D eigenvalue weighted by molar-refractivity contribution is 0.0681. The van der Waals surface area contributed by atoms with E-state index >= 15 is 0 Å². The second kappa shape index (κ2) is 6.47. The van der Waals surface area contributed by atoms with Gasteiger partial charge >= 0.3 is 0 Å². The Morgan fingerprint density at radius 2 is 1.58 bits per heavy atom. The summed E-state index contributed by atoms with van der Waals surface area (Å²) in [6.07, 6.45) is 2.91. The maximum Gasteiger partial charge on any atom is 0.0518 e. The van der Waals surface area contributed by atoms with Crippen LogP contribution in [0.1, 0.15) is 47.5 Å². The van der Waals surface area contributed by atoms with Gasteiger partial charge in [0.2, 0.25) is 0 Å². The van der Waals surface area contributed by atoms with Gasteiger partial charge in [0.1, 0.15) is 0 Å². The normalized spacial score (nSPS) is 14.2. The number of rotatable bonds is 6. The fourth-order valence-electron chi connectivity index (χ4n) is 1.43. The first-order chi connectivity index (χ1) is 5.52. The molecule has 0 aliphatic heterocycles. The van der Waals surface area contributed by atoms with Crippen LogP contribution in [-0.2, 0) is 4.74 Å². The molecule has 0 radical (unpaired) electrons. The van der Waals surface area contributed by atoms with Crippen molar-refractivity contribution in [2.75, 3.05) is 6.61 Å². The van der Waals surface area contributed by atoms with Crippen LogP contribution in [0.3, 0.4) is 0 Å². The lowest BCUT2D eigenvalue weighted by atomic mass is 9.96. The Hall–Kier alpha value is -0.0400. The Morgan fingerprint density at radius 3 is 2.00 bits per heavy atom. The highest BCUT2D eigenvalue weighted by Crippen LogP contribution is 2.14. The van der Waals surface area contributed by atoms with Gasteiger partial charge in [-0.1, -0.05) is 20.8 Å². The Labute approximate surface area is 77.5 Å². The predicted octanol–water partition coefficient (Wildman–Crippen LogP) is 3.48. The van der Waals surface area contributed by atoms with E-state index in [1.54, 1.807) is 0 Å². The summed E-state index contributed by atoms with van der Waals surface area (Å²) in [7, 11) is 0. The van der Waals surface area contributed by atoms with Crippen molar-refractivity contribution in [1.82, 2.24) is 0 Å². The van der Waals surface area contributed by atoms with Gasteiger partial charge < -0.3 is 4.74 Å². The highest BCUT2D eigenvalue weighted by molar-refractivity contribution is 4.55. The third kappa shape index (κ3) is 8.06. The van der Waals surface area contributed by atoms with E-state index in [0.29, 0.717) is 6.10 Å². The summed E-state index contributed by atoms with van der Waals surface area (Å²) in [5.41, 5.74) is 0. The molecule has 0 heterocycles. The van der Waals surface area contributed by atoms with Gasteiger partial charge in [-0.2, -0.15) is 0 Å². The molecule has 0 aliphatic carbocycles. The molecule has 0 saturated carbocycles. The highest BCUT2D eigenvalue weighted by atomic mass is 16.5. The summed E-state index contributed by atoms with van der Waals surface area (Å²) in [5, 5.41) is 0. The van der Waals surface area contributed by atoms with Crippen LogP contribution in [-0.4, -0.2) is 12.7 Å². The summed E-state index contributed by atoms with van der Waals surface area (Å²) in [6, 6.07) is 0. The quantitative estimate of drug-likeness (QED) is 0.596. The minimum Gasteiger partial charge on any atom is -0.379 e. The third-order valence-corrected chi connectivity index (χ3v) is 1.94. The SMILES string of the molecule is CC(C)C[C@H](C)CCOC(C)C. The summed E-state index contributed by atoms with van der Waals surface area (Å²) >= 11 is 0. The molecule has 74 valence electrons. The lowest BCUT2D eigenvalue weighted by Crippen LogP contribution is -2.08. The minimum atomic E-state index is 0.385. The summed E-state index contributed by atoms with van der Waals surface area (Å²) in [4.78, 5) is 0. The lowest BCUT2D eigenvalue weighted by Gasteiger charge is -2.14. The van der Waals surface area contributed by atoms with Gasteiger partial charge in [0, 0.05) is 6.61 Å². The van der Waals surface area contributed by atoms with Gasteiger partial charge in [-0.25, -0.2) is 0 Å². The maximum atomic E-state index is 5.49. The Morgan fingerprint density at radius 1 is 1.00 bits per heavy atom. The molecule has 12 heavy (non-hydrogen) atoms. The predicted molar refractivity (Wildman–Crippen MR) is 54.3 cm³/mol. The van der Waals surface area contributed by atoms with Crippen molar-refractivity contribution in [1.29, 1.82) is 0 Å². The zero-order chi connectivity index (χ0) is 9.56. The molecule has 0 aromatic carbocycles. The van der Waals surface area contributed by atoms with Crippen molar-refractivity contribution in [2.24, 2.45) is 11.8 Å². The molecule has 0 aromatic heterocycles. The number of ether oxygens (including phenoxy) is 1. The fraction of sp³-hybridized carbons (Fsp3) is 1.00. The van der Waals surface area contributed by atoms with E-state index in [4.69, 9.17) is 4.74 Å². The van der Waals surface area contributed by atoms with E-state index in [0.717, 1.165) is 18.4 Å². The Bertz CT molecular complexity index is 97.2.